The van der Waals surface area contributed by atoms with Gasteiger partial charge in [-0.05, 0) is 30.5 Å². The van der Waals surface area contributed by atoms with Crippen LogP contribution in [-0.2, 0) is 24.2 Å². The molecule has 4 aromatic rings. The molecule has 0 bridgehead atoms. The van der Waals surface area contributed by atoms with E-state index in [4.69, 9.17) is 23.9 Å². The lowest BCUT2D eigenvalue weighted by Crippen LogP contribution is -2.49. The van der Waals surface area contributed by atoms with Crippen LogP contribution < -0.4 is 24.5 Å². The number of benzene rings is 3. The number of ether oxygens (including phenoxy) is 4. The molecular formula is C32H30N2O6. The van der Waals surface area contributed by atoms with Crippen molar-refractivity contribution in [2.24, 2.45) is 0 Å². The molecule has 8 nitrogen and oxygen atoms in total. The zero-order valence-electron chi connectivity index (χ0n) is 22.6. The Morgan fingerprint density at radius 2 is 1.70 bits per heavy atom. The lowest BCUT2D eigenvalue weighted by molar-refractivity contribution is -0.0910. The average molecular weight is 539 g/mol. The zero-order chi connectivity index (χ0) is 27.6. The second-order valence-electron chi connectivity index (χ2n) is 10.5. The molecule has 1 N–H and O–H groups in total. The number of hydrogen-bond acceptors (Lipinski definition) is 7. The molecule has 0 unspecified atom stereocenters. The van der Waals surface area contributed by atoms with Gasteiger partial charge in [0.1, 0.15) is 28.8 Å². The predicted octanol–water partition coefficient (Wildman–Crippen LogP) is 4.27. The second-order valence-corrected chi connectivity index (χ2v) is 10.5. The minimum absolute atomic E-state index is 0.137. The van der Waals surface area contributed by atoms with Crippen molar-refractivity contribution in [3.63, 3.8) is 0 Å². The van der Waals surface area contributed by atoms with E-state index < -0.39 is 17.1 Å². The van der Waals surface area contributed by atoms with Crippen LogP contribution in [0.2, 0.25) is 0 Å². The normalized spacial score (nSPS) is 23.9. The van der Waals surface area contributed by atoms with Crippen molar-refractivity contribution in [1.82, 2.24) is 9.55 Å². The minimum Gasteiger partial charge on any atom is -0.497 e. The first-order chi connectivity index (χ1) is 19.5. The fourth-order valence-corrected chi connectivity index (χ4v) is 6.92. The van der Waals surface area contributed by atoms with Gasteiger partial charge in [-0.15, -0.1) is 0 Å². The minimum atomic E-state index is -1.85. The first-order valence-electron chi connectivity index (χ1n) is 13.5. The molecule has 3 aromatic carbocycles. The highest BCUT2D eigenvalue weighted by Crippen LogP contribution is 2.69. The van der Waals surface area contributed by atoms with E-state index in [9.17, 15) is 9.90 Å². The Bertz CT molecular complexity index is 1680. The van der Waals surface area contributed by atoms with Crippen molar-refractivity contribution in [1.29, 1.82) is 0 Å². The molecule has 0 fully saturated rings. The van der Waals surface area contributed by atoms with Crippen molar-refractivity contribution in [2.45, 2.75) is 42.9 Å². The Morgan fingerprint density at radius 3 is 2.40 bits per heavy atom. The van der Waals surface area contributed by atoms with Crippen molar-refractivity contribution >= 4 is 0 Å². The molecule has 8 heteroatoms. The number of fused-ring (bicyclic) bond motifs is 6. The van der Waals surface area contributed by atoms with E-state index in [0.29, 0.717) is 64.2 Å². The predicted molar refractivity (Wildman–Crippen MR) is 148 cm³/mol. The van der Waals surface area contributed by atoms with E-state index in [1.54, 1.807) is 38.0 Å². The topological polar surface area (TPSA) is 92.0 Å². The van der Waals surface area contributed by atoms with E-state index in [0.717, 1.165) is 18.4 Å². The summed E-state index contributed by atoms with van der Waals surface area (Å²) < 4.78 is 25.6. The number of nitrogens with zero attached hydrogens (tertiary/aromatic N) is 2. The van der Waals surface area contributed by atoms with Crippen molar-refractivity contribution in [2.75, 3.05) is 21.3 Å². The third kappa shape index (κ3) is 3.05. The number of methoxy groups -OCH3 is 3. The van der Waals surface area contributed by atoms with Gasteiger partial charge in [0.05, 0.1) is 44.1 Å². The third-order valence-corrected chi connectivity index (χ3v) is 8.67. The number of rotatable bonds is 5. The van der Waals surface area contributed by atoms with Crippen LogP contribution in [-0.4, -0.2) is 36.0 Å². The largest absolute Gasteiger partial charge is 0.497 e. The molecule has 7 rings (SSSR count). The van der Waals surface area contributed by atoms with Gasteiger partial charge in [0, 0.05) is 30.7 Å². The summed E-state index contributed by atoms with van der Waals surface area (Å²) in [5.41, 5.74) is -0.748. The van der Waals surface area contributed by atoms with Gasteiger partial charge in [-0.2, -0.15) is 0 Å². The van der Waals surface area contributed by atoms with Crippen molar-refractivity contribution in [3.8, 4) is 23.0 Å². The summed E-state index contributed by atoms with van der Waals surface area (Å²) in [5.74, 6) is 2.01. The lowest BCUT2D eigenvalue weighted by Gasteiger charge is -2.40. The maximum Gasteiger partial charge on any atom is 0.257 e. The summed E-state index contributed by atoms with van der Waals surface area (Å²) in [4.78, 5) is 19.5. The molecule has 3 atom stereocenters. The smallest absolute Gasteiger partial charge is 0.257 e. The van der Waals surface area contributed by atoms with Gasteiger partial charge in [0.2, 0.25) is 0 Å². The van der Waals surface area contributed by atoms with Crippen LogP contribution in [0.15, 0.2) is 71.5 Å². The van der Waals surface area contributed by atoms with Crippen molar-refractivity contribution < 1.29 is 24.1 Å². The molecule has 0 radical (unpaired) electrons. The Labute approximate surface area is 231 Å². The Balaban J connectivity index is 1.65. The molecule has 0 spiro atoms. The van der Waals surface area contributed by atoms with Gasteiger partial charge < -0.3 is 24.1 Å². The first-order valence-corrected chi connectivity index (χ1v) is 13.5. The summed E-state index contributed by atoms with van der Waals surface area (Å²) in [6.07, 6.45) is 2.50. The van der Waals surface area contributed by atoms with Gasteiger partial charge >= 0.3 is 0 Å². The molecule has 0 amide bonds. The van der Waals surface area contributed by atoms with Gasteiger partial charge in [0.25, 0.3) is 5.56 Å². The number of aliphatic hydroxyl groups is 1. The SMILES string of the molecule is COc1ccc([C@@]23Oc4cc(OC)cc(OC)c4[C@]2(O)c2nc4n(c(=O)c2[C@H]3c2ccccc2)CCCC4)cc1. The fraction of sp³-hybridized carbons (Fsp3) is 0.312. The Morgan fingerprint density at radius 1 is 0.950 bits per heavy atom. The van der Waals surface area contributed by atoms with Gasteiger partial charge in [-0.1, -0.05) is 42.5 Å². The van der Waals surface area contributed by atoms with Gasteiger partial charge in [0.15, 0.2) is 11.2 Å². The highest BCUT2D eigenvalue weighted by atomic mass is 16.5. The summed E-state index contributed by atoms with van der Waals surface area (Å²) in [6, 6.07) is 20.7. The van der Waals surface area contributed by atoms with Crippen LogP contribution in [0.25, 0.3) is 0 Å². The zero-order valence-corrected chi connectivity index (χ0v) is 22.6. The molecular weight excluding hydrogens is 508 g/mol. The molecule has 0 saturated carbocycles. The molecule has 2 aliphatic heterocycles. The summed E-state index contributed by atoms with van der Waals surface area (Å²) >= 11 is 0. The van der Waals surface area contributed by atoms with Crippen LogP contribution in [0.5, 0.6) is 23.0 Å². The maximum atomic E-state index is 14.4. The van der Waals surface area contributed by atoms with E-state index in [2.05, 4.69) is 0 Å². The van der Waals surface area contributed by atoms with Crippen LogP contribution in [0.3, 0.4) is 0 Å². The molecule has 1 aliphatic carbocycles. The van der Waals surface area contributed by atoms with Crippen LogP contribution >= 0.6 is 0 Å². The second kappa shape index (κ2) is 8.86. The molecule has 204 valence electrons. The number of aryl methyl sites for hydroxylation is 1. The highest BCUT2D eigenvalue weighted by molar-refractivity contribution is 5.68. The summed E-state index contributed by atoms with van der Waals surface area (Å²) in [5, 5.41) is 13.3. The average Bonchev–Trinajstić information content (AvgIpc) is 3.39. The summed E-state index contributed by atoms with van der Waals surface area (Å²) in [6.45, 7) is 0.599. The first kappa shape index (κ1) is 24.7. The van der Waals surface area contributed by atoms with Crippen LogP contribution in [0.1, 0.15) is 52.5 Å². The molecule has 3 aliphatic rings. The number of hydrogen-bond donors (Lipinski definition) is 1. The molecule has 1 aromatic heterocycles. The molecule has 40 heavy (non-hydrogen) atoms. The monoisotopic (exact) mass is 538 g/mol. The standard InChI is InChI=1S/C32H30N2O6/c1-37-21-14-12-20(13-15-21)32-27(19-9-5-4-6-10-19)26-29(33-25-11-7-8-16-34(25)30(26)35)31(32,36)28-23(39-3)17-22(38-2)18-24(28)40-32/h4-6,9-10,12-15,17-18,27,36H,7-8,11,16H2,1-3H3/t27-,31+,32+/m1/s1. The van der Waals surface area contributed by atoms with E-state index >= 15 is 0 Å². The van der Waals surface area contributed by atoms with E-state index in [1.807, 2.05) is 54.6 Å². The fourth-order valence-electron chi connectivity index (χ4n) is 6.92. The lowest BCUT2D eigenvalue weighted by atomic mass is 9.70. The quantitative estimate of drug-likeness (QED) is 0.406. The van der Waals surface area contributed by atoms with Gasteiger partial charge in [-0.25, -0.2) is 4.98 Å². The van der Waals surface area contributed by atoms with Crippen molar-refractivity contribution in [3.05, 3.63) is 111 Å². The maximum absolute atomic E-state index is 14.4. The van der Waals surface area contributed by atoms with E-state index in [1.165, 1.54) is 0 Å². The Hall–Kier alpha value is -4.30. The van der Waals surface area contributed by atoms with Gasteiger partial charge in [-0.3, -0.25) is 9.36 Å². The van der Waals surface area contributed by atoms with E-state index in [-0.39, 0.29) is 5.56 Å². The highest BCUT2D eigenvalue weighted by Gasteiger charge is 2.74. The van der Waals surface area contributed by atoms with Crippen LogP contribution in [0, 0.1) is 0 Å². The summed E-state index contributed by atoms with van der Waals surface area (Å²) in [7, 11) is 4.73. The number of aromatic nitrogens is 2. The molecule has 3 heterocycles. The van der Waals surface area contributed by atoms with Crippen LogP contribution in [0.4, 0.5) is 0 Å². The third-order valence-electron chi connectivity index (χ3n) is 8.67. The molecule has 0 saturated heterocycles. The Kier molecular flexibility index (Phi) is 5.47.